The lowest BCUT2D eigenvalue weighted by atomic mass is 9.96. The average molecular weight is 253 g/mol. The Kier molecular flexibility index (Phi) is 3.04. The fourth-order valence-electron chi connectivity index (χ4n) is 1.89. The highest BCUT2D eigenvalue weighted by Gasteiger charge is 2.36. The zero-order valence-electron chi connectivity index (χ0n) is 10.3. The summed E-state index contributed by atoms with van der Waals surface area (Å²) in [7, 11) is -3.06. The van der Waals surface area contributed by atoms with E-state index in [2.05, 4.69) is 0 Å². The van der Waals surface area contributed by atoms with Crippen molar-refractivity contribution in [3.63, 3.8) is 0 Å². The smallest absolute Gasteiger partial charge is 0.181 e. The van der Waals surface area contributed by atoms with Gasteiger partial charge in [0.15, 0.2) is 9.84 Å². The van der Waals surface area contributed by atoms with Gasteiger partial charge in [-0.2, -0.15) is 0 Å². The first-order valence-electron chi connectivity index (χ1n) is 5.91. The van der Waals surface area contributed by atoms with Gasteiger partial charge in [0.05, 0.1) is 10.1 Å². The van der Waals surface area contributed by atoms with Crippen molar-refractivity contribution in [1.29, 1.82) is 0 Å². The van der Waals surface area contributed by atoms with Gasteiger partial charge in [0.1, 0.15) is 0 Å². The Balaban J connectivity index is 2.18. The quantitative estimate of drug-likeness (QED) is 0.891. The minimum absolute atomic E-state index is 0.140. The zero-order chi connectivity index (χ0) is 12.7. The maximum atomic E-state index is 12.0. The van der Waals surface area contributed by atoms with Crippen molar-refractivity contribution >= 4 is 9.84 Å². The number of benzene rings is 1. The second kappa shape index (κ2) is 4.10. The van der Waals surface area contributed by atoms with Crippen LogP contribution in [0.2, 0.25) is 0 Å². The van der Waals surface area contributed by atoms with Crippen molar-refractivity contribution in [1.82, 2.24) is 0 Å². The van der Waals surface area contributed by atoms with Gasteiger partial charge in [0.2, 0.25) is 0 Å². The van der Waals surface area contributed by atoms with E-state index in [0.717, 1.165) is 24.8 Å². The molecule has 2 N–H and O–H groups in total. The van der Waals surface area contributed by atoms with Crippen LogP contribution in [-0.4, -0.2) is 19.2 Å². The molecule has 0 radical (unpaired) electrons. The summed E-state index contributed by atoms with van der Waals surface area (Å²) in [5, 5.41) is -0.140. The summed E-state index contributed by atoms with van der Waals surface area (Å²) in [6, 6.07) is 7.14. The minimum Gasteiger partial charge on any atom is -0.325 e. The molecule has 1 fully saturated rings. The van der Waals surface area contributed by atoms with Gasteiger partial charge in [-0.3, -0.25) is 0 Å². The largest absolute Gasteiger partial charge is 0.325 e. The standard InChI is InChI=1S/C13H19NO2S/c1-13(2,14)9-10-3-5-11(6-4-10)17(15,16)12-7-8-12/h3-6,12H,7-9,14H2,1-2H3. The molecule has 4 heteroatoms. The van der Waals surface area contributed by atoms with Crippen molar-refractivity contribution in [3.05, 3.63) is 29.8 Å². The van der Waals surface area contributed by atoms with Crippen LogP contribution in [0.1, 0.15) is 32.3 Å². The molecule has 1 saturated carbocycles. The SMILES string of the molecule is CC(C)(N)Cc1ccc(S(=O)(=O)C2CC2)cc1. The lowest BCUT2D eigenvalue weighted by Crippen LogP contribution is -2.34. The van der Waals surface area contributed by atoms with Crippen molar-refractivity contribution < 1.29 is 8.42 Å². The number of rotatable bonds is 4. The normalized spacial score (nSPS) is 17.1. The lowest BCUT2D eigenvalue weighted by Gasteiger charge is -2.18. The molecule has 0 bridgehead atoms. The third-order valence-electron chi connectivity index (χ3n) is 2.87. The molecule has 0 heterocycles. The van der Waals surface area contributed by atoms with E-state index in [1.165, 1.54) is 0 Å². The third-order valence-corrected chi connectivity index (χ3v) is 5.15. The van der Waals surface area contributed by atoms with Gasteiger partial charge in [0, 0.05) is 5.54 Å². The van der Waals surface area contributed by atoms with E-state index in [1.807, 2.05) is 26.0 Å². The first kappa shape index (κ1) is 12.6. The molecular formula is C13H19NO2S. The first-order valence-corrected chi connectivity index (χ1v) is 7.45. The van der Waals surface area contributed by atoms with Gasteiger partial charge < -0.3 is 5.73 Å². The lowest BCUT2D eigenvalue weighted by molar-refractivity contribution is 0.516. The van der Waals surface area contributed by atoms with Crippen LogP contribution in [-0.2, 0) is 16.3 Å². The number of hydrogen-bond acceptors (Lipinski definition) is 3. The van der Waals surface area contributed by atoms with Crippen molar-refractivity contribution in [2.24, 2.45) is 5.73 Å². The summed E-state index contributed by atoms with van der Waals surface area (Å²) < 4.78 is 23.9. The Bertz CT molecular complexity index is 493. The minimum atomic E-state index is -3.06. The van der Waals surface area contributed by atoms with Gasteiger partial charge in [0.25, 0.3) is 0 Å². The number of sulfone groups is 1. The maximum Gasteiger partial charge on any atom is 0.181 e. The Hall–Kier alpha value is -0.870. The molecule has 2 rings (SSSR count). The molecule has 0 aliphatic heterocycles. The van der Waals surface area contributed by atoms with Gasteiger partial charge in [-0.15, -0.1) is 0 Å². The van der Waals surface area contributed by atoms with Crippen molar-refractivity contribution in [2.75, 3.05) is 0 Å². The first-order chi connectivity index (χ1) is 7.79. The van der Waals surface area contributed by atoms with Crippen LogP contribution in [0.25, 0.3) is 0 Å². The van der Waals surface area contributed by atoms with E-state index >= 15 is 0 Å². The van der Waals surface area contributed by atoms with Gasteiger partial charge in [-0.25, -0.2) is 8.42 Å². The van der Waals surface area contributed by atoms with Crippen molar-refractivity contribution in [3.8, 4) is 0 Å². The fourth-order valence-corrected chi connectivity index (χ4v) is 3.55. The average Bonchev–Trinajstić information content (AvgIpc) is 2.98. The van der Waals surface area contributed by atoms with Crippen LogP contribution >= 0.6 is 0 Å². The molecule has 17 heavy (non-hydrogen) atoms. The third kappa shape index (κ3) is 3.07. The molecule has 1 aromatic rings. The molecule has 1 aliphatic rings. The van der Waals surface area contributed by atoms with Crippen LogP contribution in [0.5, 0.6) is 0 Å². The van der Waals surface area contributed by atoms with E-state index in [4.69, 9.17) is 5.73 Å². The predicted octanol–water partition coefficient (Wildman–Crippen LogP) is 1.90. The highest BCUT2D eigenvalue weighted by atomic mass is 32.2. The van der Waals surface area contributed by atoms with Crippen LogP contribution < -0.4 is 5.73 Å². The molecular weight excluding hydrogens is 234 g/mol. The molecule has 0 unspecified atom stereocenters. The van der Waals surface area contributed by atoms with Crippen LogP contribution in [0.4, 0.5) is 0 Å². The molecule has 0 aromatic heterocycles. The highest BCUT2D eigenvalue weighted by Crippen LogP contribution is 2.33. The Morgan fingerprint density at radius 2 is 1.76 bits per heavy atom. The monoisotopic (exact) mass is 253 g/mol. The van der Waals surface area contributed by atoms with E-state index in [1.54, 1.807) is 12.1 Å². The second-order valence-electron chi connectivity index (χ2n) is 5.55. The van der Waals surface area contributed by atoms with Gasteiger partial charge in [-0.05, 0) is 50.8 Å². The van der Waals surface area contributed by atoms with Gasteiger partial charge >= 0.3 is 0 Å². The second-order valence-corrected chi connectivity index (χ2v) is 7.78. The summed E-state index contributed by atoms with van der Waals surface area (Å²) >= 11 is 0. The maximum absolute atomic E-state index is 12.0. The molecule has 1 aliphatic carbocycles. The molecule has 1 aromatic carbocycles. The molecule has 0 saturated heterocycles. The number of nitrogens with two attached hydrogens (primary N) is 1. The Morgan fingerprint density at radius 3 is 2.18 bits per heavy atom. The predicted molar refractivity (Wildman–Crippen MR) is 68.6 cm³/mol. The van der Waals surface area contributed by atoms with Crippen LogP contribution in [0.3, 0.4) is 0 Å². The van der Waals surface area contributed by atoms with E-state index in [-0.39, 0.29) is 10.8 Å². The summed E-state index contributed by atoms with van der Waals surface area (Å²) in [5.74, 6) is 0. The van der Waals surface area contributed by atoms with Crippen LogP contribution in [0, 0.1) is 0 Å². The number of hydrogen-bond donors (Lipinski definition) is 1. The summed E-state index contributed by atoms with van der Waals surface area (Å²) in [5.41, 5.74) is 6.74. The summed E-state index contributed by atoms with van der Waals surface area (Å²) in [6.07, 6.45) is 2.36. The highest BCUT2D eigenvalue weighted by molar-refractivity contribution is 7.92. The topological polar surface area (TPSA) is 60.2 Å². The summed E-state index contributed by atoms with van der Waals surface area (Å²) in [6.45, 7) is 3.92. The molecule has 94 valence electrons. The zero-order valence-corrected chi connectivity index (χ0v) is 11.1. The molecule has 0 spiro atoms. The molecule has 0 atom stereocenters. The van der Waals surface area contributed by atoms with Gasteiger partial charge in [-0.1, -0.05) is 12.1 Å². The molecule has 0 amide bonds. The van der Waals surface area contributed by atoms with E-state index in [9.17, 15) is 8.42 Å². The fraction of sp³-hybridized carbons (Fsp3) is 0.538. The van der Waals surface area contributed by atoms with E-state index in [0.29, 0.717) is 4.90 Å². The summed E-state index contributed by atoms with van der Waals surface area (Å²) in [4.78, 5) is 0.443. The molecule has 3 nitrogen and oxygen atoms in total. The van der Waals surface area contributed by atoms with Crippen molar-refractivity contribution in [2.45, 2.75) is 48.8 Å². The Labute approximate surface area is 103 Å². The Morgan fingerprint density at radius 1 is 1.24 bits per heavy atom. The van der Waals surface area contributed by atoms with Crippen LogP contribution in [0.15, 0.2) is 29.2 Å². The van der Waals surface area contributed by atoms with E-state index < -0.39 is 9.84 Å².